The third kappa shape index (κ3) is 4.16. The highest BCUT2D eigenvalue weighted by Crippen LogP contribution is 2.30. The fraction of sp³-hybridized carbons (Fsp3) is 0.917. The number of nitrogens with zero attached hydrogens (tertiary/aromatic N) is 1. The molecule has 0 atom stereocenters. The number of hydrogen-bond donors (Lipinski definition) is 4. The number of amidine groups is 1. The van der Waals surface area contributed by atoms with Gasteiger partial charge in [0.15, 0.2) is 0 Å². The molecule has 1 aliphatic carbocycles. The van der Waals surface area contributed by atoms with Crippen molar-refractivity contribution in [1.29, 1.82) is 0 Å². The average Bonchev–Trinajstić information content (AvgIpc) is 2.24. The van der Waals surface area contributed by atoms with Crippen molar-refractivity contribution < 1.29 is 10.3 Å². The highest BCUT2D eigenvalue weighted by molar-refractivity contribution is 5.85. The van der Waals surface area contributed by atoms with Crippen LogP contribution in [0.1, 0.15) is 46.0 Å². The normalized spacial score (nSPS) is 20.1. The first-order valence-corrected chi connectivity index (χ1v) is 6.31. The molecule has 17 heavy (non-hydrogen) atoms. The molecule has 0 radical (unpaired) electrons. The van der Waals surface area contributed by atoms with E-state index in [4.69, 9.17) is 10.9 Å². The molecule has 1 saturated carbocycles. The third-order valence-corrected chi connectivity index (χ3v) is 3.69. The third-order valence-electron chi connectivity index (χ3n) is 3.69. The molecule has 1 fully saturated rings. The molecular formula is C12H25N3O2. The van der Waals surface area contributed by atoms with E-state index in [1.54, 1.807) is 0 Å². The second-order valence-electron chi connectivity index (χ2n) is 5.73. The molecule has 0 aromatic rings. The molecule has 0 spiro atoms. The Morgan fingerprint density at radius 1 is 1.47 bits per heavy atom. The lowest BCUT2D eigenvalue weighted by atomic mass is 9.80. The predicted molar refractivity (Wildman–Crippen MR) is 68.1 cm³/mol. The van der Waals surface area contributed by atoms with Crippen molar-refractivity contribution in [1.82, 2.24) is 5.32 Å². The molecule has 0 saturated heterocycles. The van der Waals surface area contributed by atoms with Crippen LogP contribution in [-0.4, -0.2) is 34.8 Å². The van der Waals surface area contributed by atoms with Gasteiger partial charge in [-0.1, -0.05) is 19.0 Å². The number of oxime groups is 1. The molecule has 5 N–H and O–H groups in total. The topological polar surface area (TPSA) is 90.9 Å². The summed E-state index contributed by atoms with van der Waals surface area (Å²) in [6.07, 6.45) is 4.76. The van der Waals surface area contributed by atoms with Crippen LogP contribution in [0.5, 0.6) is 0 Å². The van der Waals surface area contributed by atoms with Crippen molar-refractivity contribution in [2.75, 3.05) is 13.1 Å². The van der Waals surface area contributed by atoms with E-state index in [-0.39, 0.29) is 11.3 Å². The summed E-state index contributed by atoms with van der Waals surface area (Å²) in [5.41, 5.74) is 4.87. The van der Waals surface area contributed by atoms with Crippen LogP contribution in [0.15, 0.2) is 5.16 Å². The zero-order valence-electron chi connectivity index (χ0n) is 10.9. The lowest BCUT2D eigenvalue weighted by molar-refractivity contribution is -0.0311. The second kappa shape index (κ2) is 5.69. The Hall–Kier alpha value is -0.810. The van der Waals surface area contributed by atoms with Gasteiger partial charge < -0.3 is 21.4 Å². The number of nitrogens with one attached hydrogen (secondary N) is 1. The molecule has 0 aliphatic heterocycles. The summed E-state index contributed by atoms with van der Waals surface area (Å²) in [5, 5.41) is 24.8. The zero-order valence-corrected chi connectivity index (χ0v) is 10.9. The van der Waals surface area contributed by atoms with Gasteiger partial charge in [-0.3, -0.25) is 0 Å². The largest absolute Gasteiger partial charge is 0.409 e. The van der Waals surface area contributed by atoms with E-state index < -0.39 is 5.60 Å². The first-order chi connectivity index (χ1) is 7.90. The van der Waals surface area contributed by atoms with Crippen LogP contribution in [0, 0.1) is 5.41 Å². The minimum Gasteiger partial charge on any atom is -0.409 e. The summed E-state index contributed by atoms with van der Waals surface area (Å²) < 4.78 is 0. The number of rotatable bonds is 7. The Labute approximate surface area is 103 Å². The quantitative estimate of drug-likeness (QED) is 0.177. The Morgan fingerprint density at radius 2 is 2.12 bits per heavy atom. The van der Waals surface area contributed by atoms with Crippen LogP contribution in [0.2, 0.25) is 0 Å². The molecule has 0 aromatic heterocycles. The fourth-order valence-corrected chi connectivity index (χ4v) is 2.00. The van der Waals surface area contributed by atoms with Crippen molar-refractivity contribution in [2.45, 2.75) is 51.6 Å². The minimum absolute atomic E-state index is 0.273. The lowest BCUT2D eigenvalue weighted by Gasteiger charge is -2.36. The smallest absolute Gasteiger partial charge is 0.144 e. The summed E-state index contributed by atoms with van der Waals surface area (Å²) in [6, 6.07) is 0. The van der Waals surface area contributed by atoms with Crippen molar-refractivity contribution in [2.24, 2.45) is 16.3 Å². The fourth-order valence-electron chi connectivity index (χ4n) is 2.00. The van der Waals surface area contributed by atoms with E-state index in [0.29, 0.717) is 6.54 Å². The number of hydrogen-bond acceptors (Lipinski definition) is 4. The molecule has 0 unspecified atom stereocenters. The SMILES string of the molecule is CC(C)(CCCNCC1(O)CCC1)C(N)=NO. The van der Waals surface area contributed by atoms with E-state index in [1.807, 2.05) is 13.8 Å². The van der Waals surface area contributed by atoms with Gasteiger partial charge >= 0.3 is 0 Å². The molecule has 100 valence electrons. The van der Waals surface area contributed by atoms with E-state index in [9.17, 15) is 5.11 Å². The number of aliphatic hydroxyl groups is 1. The second-order valence-corrected chi connectivity index (χ2v) is 5.73. The van der Waals surface area contributed by atoms with Crippen molar-refractivity contribution in [3.05, 3.63) is 0 Å². The van der Waals surface area contributed by atoms with Crippen LogP contribution >= 0.6 is 0 Å². The number of nitrogens with two attached hydrogens (primary N) is 1. The van der Waals surface area contributed by atoms with Crippen LogP contribution < -0.4 is 11.1 Å². The highest BCUT2D eigenvalue weighted by atomic mass is 16.4. The summed E-state index contributed by atoms with van der Waals surface area (Å²) in [5.74, 6) is 0.273. The Morgan fingerprint density at radius 3 is 2.59 bits per heavy atom. The molecule has 1 rings (SSSR count). The lowest BCUT2D eigenvalue weighted by Crippen LogP contribution is -2.46. The van der Waals surface area contributed by atoms with Gasteiger partial charge in [0.1, 0.15) is 5.84 Å². The zero-order chi connectivity index (χ0) is 12.9. The molecule has 5 heteroatoms. The van der Waals surface area contributed by atoms with Gasteiger partial charge in [-0.15, -0.1) is 0 Å². The van der Waals surface area contributed by atoms with Gasteiger partial charge in [-0.2, -0.15) is 0 Å². The molecule has 0 amide bonds. The maximum atomic E-state index is 9.86. The minimum atomic E-state index is -0.457. The van der Waals surface area contributed by atoms with Gasteiger partial charge in [-0.05, 0) is 38.6 Å². The van der Waals surface area contributed by atoms with E-state index in [1.165, 1.54) is 0 Å². The predicted octanol–water partition coefficient (Wildman–Crippen LogP) is 1.04. The van der Waals surface area contributed by atoms with E-state index in [2.05, 4.69) is 10.5 Å². The van der Waals surface area contributed by atoms with Gasteiger partial charge in [0.25, 0.3) is 0 Å². The standard InChI is InChI=1S/C12H25N3O2/c1-11(2,10(13)15-17)5-4-8-14-9-12(16)6-3-7-12/h14,16-17H,3-9H2,1-2H3,(H2,13,15). The Kier molecular flexibility index (Phi) is 4.77. The molecule has 0 bridgehead atoms. The van der Waals surface area contributed by atoms with E-state index >= 15 is 0 Å². The molecule has 0 aromatic carbocycles. The maximum absolute atomic E-state index is 9.86. The summed E-state index contributed by atoms with van der Waals surface area (Å²) in [6.45, 7) is 5.45. The van der Waals surface area contributed by atoms with Crippen LogP contribution in [0.4, 0.5) is 0 Å². The van der Waals surface area contributed by atoms with Gasteiger partial charge in [-0.25, -0.2) is 0 Å². The van der Waals surface area contributed by atoms with Crippen LogP contribution in [0.25, 0.3) is 0 Å². The highest BCUT2D eigenvalue weighted by Gasteiger charge is 2.33. The molecule has 0 heterocycles. The summed E-state index contributed by atoms with van der Waals surface area (Å²) in [4.78, 5) is 0. The summed E-state index contributed by atoms with van der Waals surface area (Å²) >= 11 is 0. The van der Waals surface area contributed by atoms with Crippen molar-refractivity contribution >= 4 is 5.84 Å². The molecule has 5 nitrogen and oxygen atoms in total. The van der Waals surface area contributed by atoms with Crippen LogP contribution in [-0.2, 0) is 0 Å². The van der Waals surface area contributed by atoms with Crippen molar-refractivity contribution in [3.8, 4) is 0 Å². The van der Waals surface area contributed by atoms with Crippen LogP contribution in [0.3, 0.4) is 0 Å². The Balaban J connectivity index is 2.11. The van der Waals surface area contributed by atoms with Gasteiger partial charge in [0.2, 0.25) is 0 Å². The molecular weight excluding hydrogens is 218 g/mol. The monoisotopic (exact) mass is 243 g/mol. The average molecular weight is 243 g/mol. The first-order valence-electron chi connectivity index (χ1n) is 6.31. The van der Waals surface area contributed by atoms with Crippen molar-refractivity contribution in [3.63, 3.8) is 0 Å². The summed E-state index contributed by atoms with van der Waals surface area (Å²) in [7, 11) is 0. The van der Waals surface area contributed by atoms with Gasteiger partial charge in [0.05, 0.1) is 5.60 Å². The maximum Gasteiger partial charge on any atom is 0.144 e. The van der Waals surface area contributed by atoms with E-state index in [0.717, 1.165) is 38.6 Å². The first kappa shape index (κ1) is 14.3. The molecule has 1 aliphatic rings. The Bertz CT molecular complexity index is 273. The van der Waals surface area contributed by atoms with Gasteiger partial charge in [0, 0.05) is 12.0 Å².